The number of benzene rings is 3. The largest absolute Gasteiger partial charge is 0.497 e. The van der Waals surface area contributed by atoms with Crippen LogP contribution < -0.4 is 23.7 Å². The minimum Gasteiger partial charge on any atom is -0.497 e. The number of methoxy groups -OCH3 is 2. The number of hydrazone groups is 1. The summed E-state index contributed by atoms with van der Waals surface area (Å²) in [5.74, 6) is 3.75. The van der Waals surface area contributed by atoms with E-state index in [1.165, 1.54) is 0 Å². The van der Waals surface area contributed by atoms with Crippen LogP contribution >= 0.6 is 0 Å². The summed E-state index contributed by atoms with van der Waals surface area (Å²) in [5.41, 5.74) is 3.94. The smallest absolute Gasteiger partial charge is 0.217 e. The van der Waals surface area contributed by atoms with Gasteiger partial charge in [0.25, 0.3) is 0 Å². The van der Waals surface area contributed by atoms with Crippen molar-refractivity contribution >= 4 is 5.71 Å². The predicted octanol–water partition coefficient (Wildman–Crippen LogP) is 5.74. The molecule has 35 heavy (non-hydrogen) atoms. The number of ether oxygens (including phenoxy) is 5. The molecule has 2 aliphatic rings. The third-order valence-electron chi connectivity index (χ3n) is 6.28. The van der Waals surface area contributed by atoms with E-state index in [-0.39, 0.29) is 6.04 Å². The first-order valence-corrected chi connectivity index (χ1v) is 11.9. The Morgan fingerprint density at radius 3 is 2.34 bits per heavy atom. The monoisotopic (exact) mass is 474 g/mol. The summed E-state index contributed by atoms with van der Waals surface area (Å²) in [7, 11) is 3.31. The van der Waals surface area contributed by atoms with Crippen LogP contribution in [0.3, 0.4) is 0 Å². The molecule has 0 saturated heterocycles. The second kappa shape index (κ2) is 9.78. The van der Waals surface area contributed by atoms with Gasteiger partial charge < -0.3 is 23.7 Å². The molecule has 2 heterocycles. The zero-order valence-corrected chi connectivity index (χ0v) is 20.5. The summed E-state index contributed by atoms with van der Waals surface area (Å²) in [6.07, 6.45) is 0.224. The van der Waals surface area contributed by atoms with Gasteiger partial charge in [-0.25, -0.2) is 5.01 Å². The van der Waals surface area contributed by atoms with Crippen molar-refractivity contribution in [1.29, 1.82) is 0 Å². The van der Waals surface area contributed by atoms with Crippen molar-refractivity contribution in [3.63, 3.8) is 0 Å². The lowest BCUT2D eigenvalue weighted by molar-refractivity contribution is -0.0226. The Balaban J connectivity index is 1.60. The highest BCUT2D eigenvalue weighted by molar-refractivity contribution is 6.02. The van der Waals surface area contributed by atoms with Gasteiger partial charge in [0.05, 0.1) is 44.8 Å². The number of rotatable bonds is 8. The molecule has 2 atom stereocenters. The van der Waals surface area contributed by atoms with Crippen molar-refractivity contribution in [2.24, 2.45) is 5.10 Å². The molecule has 0 saturated carbocycles. The van der Waals surface area contributed by atoms with Crippen LogP contribution in [0.25, 0.3) is 0 Å². The Morgan fingerprint density at radius 1 is 0.857 bits per heavy atom. The fourth-order valence-electron chi connectivity index (χ4n) is 4.68. The normalized spacial score (nSPS) is 18.2. The highest BCUT2D eigenvalue weighted by atomic mass is 16.5. The molecule has 0 aromatic heterocycles. The van der Waals surface area contributed by atoms with E-state index in [4.69, 9.17) is 28.8 Å². The number of hydrogen-bond donors (Lipinski definition) is 0. The van der Waals surface area contributed by atoms with Gasteiger partial charge in [0.2, 0.25) is 6.23 Å². The molecule has 7 heteroatoms. The van der Waals surface area contributed by atoms with Crippen molar-refractivity contribution < 1.29 is 23.7 Å². The Kier molecular flexibility index (Phi) is 6.40. The van der Waals surface area contributed by atoms with Crippen LogP contribution in [0.4, 0.5) is 0 Å². The molecule has 0 unspecified atom stereocenters. The summed E-state index contributed by atoms with van der Waals surface area (Å²) in [4.78, 5) is 0. The second-order valence-corrected chi connectivity index (χ2v) is 8.29. The first-order chi connectivity index (χ1) is 17.2. The standard InChI is InChI=1S/C28H30N2O5/c1-5-33-19-12-10-18(11-13-19)23-17-24-21-8-7-9-26(34-6-2)27(21)35-28(30(24)29-23)22-16-20(31-3)14-15-25(22)32-4/h7-16,24,28H,5-6,17H2,1-4H3/t24-,28+/m1/s1. The highest BCUT2D eigenvalue weighted by Crippen LogP contribution is 2.52. The lowest BCUT2D eigenvalue weighted by atomic mass is 9.95. The lowest BCUT2D eigenvalue weighted by Gasteiger charge is -2.39. The van der Waals surface area contributed by atoms with Gasteiger partial charge in [0.15, 0.2) is 11.5 Å². The van der Waals surface area contributed by atoms with Gasteiger partial charge in [-0.15, -0.1) is 0 Å². The summed E-state index contributed by atoms with van der Waals surface area (Å²) >= 11 is 0. The molecule has 3 aromatic carbocycles. The van der Waals surface area contributed by atoms with Crippen LogP contribution in [-0.2, 0) is 0 Å². The summed E-state index contributed by atoms with van der Waals surface area (Å²) < 4.78 is 29.4. The molecular weight excluding hydrogens is 444 g/mol. The van der Waals surface area contributed by atoms with Gasteiger partial charge in [-0.05, 0) is 67.9 Å². The van der Waals surface area contributed by atoms with Crippen LogP contribution in [0.5, 0.6) is 28.7 Å². The highest BCUT2D eigenvalue weighted by Gasteiger charge is 2.43. The summed E-state index contributed by atoms with van der Waals surface area (Å²) in [6.45, 7) is 5.14. The zero-order valence-electron chi connectivity index (χ0n) is 20.5. The molecule has 5 rings (SSSR count). The van der Waals surface area contributed by atoms with E-state index in [2.05, 4.69) is 18.2 Å². The van der Waals surface area contributed by atoms with Crippen molar-refractivity contribution in [3.8, 4) is 28.7 Å². The molecular formula is C28H30N2O5. The van der Waals surface area contributed by atoms with Crippen molar-refractivity contribution in [3.05, 3.63) is 77.4 Å². The fourth-order valence-corrected chi connectivity index (χ4v) is 4.68. The Hall–Kier alpha value is -3.87. The van der Waals surface area contributed by atoms with E-state index in [0.717, 1.165) is 51.8 Å². The molecule has 0 aliphatic carbocycles. The van der Waals surface area contributed by atoms with Gasteiger partial charge in [-0.3, -0.25) is 0 Å². The molecule has 0 N–H and O–H groups in total. The van der Waals surface area contributed by atoms with Crippen molar-refractivity contribution in [1.82, 2.24) is 5.01 Å². The van der Waals surface area contributed by atoms with E-state index < -0.39 is 6.23 Å². The maximum Gasteiger partial charge on any atom is 0.217 e. The van der Waals surface area contributed by atoms with E-state index >= 15 is 0 Å². The van der Waals surface area contributed by atoms with Crippen LogP contribution in [0.1, 0.15) is 49.2 Å². The van der Waals surface area contributed by atoms with E-state index in [1.807, 2.05) is 61.3 Å². The van der Waals surface area contributed by atoms with E-state index in [1.54, 1.807) is 14.2 Å². The number of nitrogens with zero attached hydrogens (tertiary/aromatic N) is 2. The molecule has 0 radical (unpaired) electrons. The van der Waals surface area contributed by atoms with Gasteiger partial charge in [-0.2, -0.15) is 5.10 Å². The molecule has 0 spiro atoms. The summed E-state index contributed by atoms with van der Waals surface area (Å²) in [6, 6.07) is 19.8. The Labute approximate surface area is 205 Å². The zero-order chi connectivity index (χ0) is 24.4. The lowest BCUT2D eigenvalue weighted by Crippen LogP contribution is -2.34. The first kappa shape index (κ1) is 22.9. The molecule has 0 fully saturated rings. The molecule has 7 nitrogen and oxygen atoms in total. The molecule has 3 aromatic rings. The molecule has 182 valence electrons. The van der Waals surface area contributed by atoms with Gasteiger partial charge in [0.1, 0.15) is 17.2 Å². The quantitative estimate of drug-likeness (QED) is 0.415. The number of fused-ring (bicyclic) bond motifs is 3. The van der Waals surface area contributed by atoms with Gasteiger partial charge in [-0.1, -0.05) is 12.1 Å². The predicted molar refractivity (Wildman–Crippen MR) is 134 cm³/mol. The SMILES string of the molecule is CCOc1ccc(C2=NN3[C@H](C2)c2cccc(OCC)c2O[C@H]3c2cc(OC)ccc2OC)cc1. The second-order valence-electron chi connectivity index (χ2n) is 8.29. The van der Waals surface area contributed by atoms with Crippen LogP contribution in [0.2, 0.25) is 0 Å². The maximum atomic E-state index is 6.63. The van der Waals surface area contributed by atoms with Crippen LogP contribution in [-0.4, -0.2) is 38.2 Å². The molecule has 0 amide bonds. The number of hydrogen-bond acceptors (Lipinski definition) is 7. The Morgan fingerprint density at radius 2 is 1.63 bits per heavy atom. The average molecular weight is 475 g/mol. The Bertz CT molecular complexity index is 1220. The van der Waals surface area contributed by atoms with Crippen molar-refractivity contribution in [2.45, 2.75) is 32.5 Å². The third kappa shape index (κ3) is 4.22. The molecule has 2 aliphatic heterocycles. The van der Waals surface area contributed by atoms with Crippen LogP contribution in [0, 0.1) is 0 Å². The van der Waals surface area contributed by atoms with E-state index in [0.29, 0.717) is 19.0 Å². The number of para-hydroxylation sites is 1. The van der Waals surface area contributed by atoms with E-state index in [9.17, 15) is 0 Å². The molecule has 0 bridgehead atoms. The van der Waals surface area contributed by atoms with Gasteiger partial charge >= 0.3 is 0 Å². The third-order valence-corrected chi connectivity index (χ3v) is 6.28. The van der Waals surface area contributed by atoms with Crippen molar-refractivity contribution in [2.75, 3.05) is 27.4 Å². The minimum absolute atomic E-state index is 0.0124. The minimum atomic E-state index is -0.514. The maximum absolute atomic E-state index is 6.63. The van der Waals surface area contributed by atoms with Crippen LogP contribution in [0.15, 0.2) is 65.8 Å². The van der Waals surface area contributed by atoms with Gasteiger partial charge in [0, 0.05) is 12.0 Å². The summed E-state index contributed by atoms with van der Waals surface area (Å²) in [5, 5.41) is 7.10. The first-order valence-electron chi connectivity index (χ1n) is 11.9. The fraction of sp³-hybridized carbons (Fsp3) is 0.321. The topological polar surface area (TPSA) is 61.8 Å². The average Bonchev–Trinajstić information content (AvgIpc) is 3.35.